The number of hydrogen-bond donors (Lipinski definition) is 0. The molecule has 4 rings (SSSR count). The molecule has 0 bridgehead atoms. The minimum Gasteiger partial charge on any atom is -0.480 e. The zero-order valence-corrected chi connectivity index (χ0v) is 17.4. The molecule has 2 aromatic carbocycles. The first-order valence-corrected chi connectivity index (χ1v) is 9.83. The molecule has 2 heterocycles. The molecule has 0 N–H and O–H groups in total. The Labute approximate surface area is 175 Å². The molecule has 0 saturated carbocycles. The SMILES string of the molecule is COc1cc(Cc2ccc(-n3cnc(C)c3)c(C)c2)c(=O)n(Cc2ccccc2)n1. The van der Waals surface area contributed by atoms with Crippen LogP contribution >= 0.6 is 0 Å². The molecule has 6 nitrogen and oxygen atoms in total. The molecule has 0 saturated heterocycles. The molecule has 0 spiro atoms. The molecule has 0 unspecified atom stereocenters. The van der Waals surface area contributed by atoms with E-state index < -0.39 is 0 Å². The number of benzene rings is 2. The summed E-state index contributed by atoms with van der Waals surface area (Å²) in [6.45, 7) is 4.44. The average molecular weight is 400 g/mol. The van der Waals surface area contributed by atoms with Gasteiger partial charge in [-0.05, 0) is 36.6 Å². The fourth-order valence-electron chi connectivity index (χ4n) is 3.55. The third-order valence-corrected chi connectivity index (χ3v) is 5.06. The monoisotopic (exact) mass is 400 g/mol. The predicted molar refractivity (Wildman–Crippen MR) is 116 cm³/mol. The highest BCUT2D eigenvalue weighted by atomic mass is 16.5. The summed E-state index contributed by atoms with van der Waals surface area (Å²) in [6.07, 6.45) is 4.32. The van der Waals surface area contributed by atoms with Crippen LogP contribution in [-0.2, 0) is 13.0 Å². The van der Waals surface area contributed by atoms with E-state index in [1.165, 1.54) is 4.68 Å². The van der Waals surface area contributed by atoms with Crippen LogP contribution in [0.3, 0.4) is 0 Å². The van der Waals surface area contributed by atoms with Gasteiger partial charge in [-0.3, -0.25) is 4.79 Å². The molecule has 0 fully saturated rings. The Morgan fingerprint density at radius 2 is 1.80 bits per heavy atom. The lowest BCUT2D eigenvalue weighted by molar-refractivity contribution is 0.377. The van der Waals surface area contributed by atoms with Crippen molar-refractivity contribution in [3.63, 3.8) is 0 Å². The van der Waals surface area contributed by atoms with Crippen LogP contribution in [0.25, 0.3) is 5.69 Å². The molecule has 0 atom stereocenters. The lowest BCUT2D eigenvalue weighted by Crippen LogP contribution is -2.27. The van der Waals surface area contributed by atoms with Crippen molar-refractivity contribution >= 4 is 0 Å². The summed E-state index contributed by atoms with van der Waals surface area (Å²) in [4.78, 5) is 17.4. The minimum atomic E-state index is -0.105. The number of rotatable bonds is 6. The minimum absolute atomic E-state index is 0.105. The van der Waals surface area contributed by atoms with Crippen molar-refractivity contribution < 1.29 is 4.74 Å². The van der Waals surface area contributed by atoms with Gasteiger partial charge in [-0.15, -0.1) is 5.10 Å². The number of nitrogens with zero attached hydrogens (tertiary/aromatic N) is 4. The topological polar surface area (TPSA) is 61.9 Å². The molecular weight excluding hydrogens is 376 g/mol. The molecule has 152 valence electrons. The van der Waals surface area contributed by atoms with E-state index in [1.807, 2.05) is 60.4 Å². The molecule has 0 radical (unpaired) electrons. The summed E-state index contributed by atoms with van der Waals surface area (Å²) in [5, 5.41) is 4.33. The summed E-state index contributed by atoms with van der Waals surface area (Å²) >= 11 is 0. The van der Waals surface area contributed by atoms with Gasteiger partial charge >= 0.3 is 0 Å². The maximum atomic E-state index is 13.1. The van der Waals surface area contributed by atoms with Crippen molar-refractivity contribution in [1.82, 2.24) is 19.3 Å². The largest absolute Gasteiger partial charge is 0.480 e. The van der Waals surface area contributed by atoms with E-state index in [0.717, 1.165) is 28.1 Å². The number of aromatic nitrogens is 4. The smallest absolute Gasteiger partial charge is 0.270 e. The molecule has 0 amide bonds. The fraction of sp³-hybridized carbons (Fsp3) is 0.208. The second-order valence-corrected chi connectivity index (χ2v) is 7.38. The van der Waals surface area contributed by atoms with Gasteiger partial charge in [0.25, 0.3) is 5.56 Å². The van der Waals surface area contributed by atoms with Gasteiger partial charge in [-0.1, -0.05) is 42.5 Å². The van der Waals surface area contributed by atoms with Crippen LogP contribution in [0.5, 0.6) is 5.88 Å². The third kappa shape index (κ3) is 4.17. The van der Waals surface area contributed by atoms with E-state index >= 15 is 0 Å². The van der Waals surface area contributed by atoms with Gasteiger partial charge < -0.3 is 9.30 Å². The standard InChI is InChI=1S/C24H24N4O2/c1-17-11-20(9-10-22(17)27-14-18(2)25-16-27)12-21-13-23(30-3)26-28(24(21)29)15-19-7-5-4-6-8-19/h4-11,13-14,16H,12,15H2,1-3H3. The Morgan fingerprint density at radius 3 is 2.47 bits per heavy atom. The van der Waals surface area contributed by atoms with Gasteiger partial charge in [0.05, 0.1) is 25.7 Å². The quantitative estimate of drug-likeness (QED) is 0.495. The van der Waals surface area contributed by atoms with Crippen molar-refractivity contribution in [3.05, 3.63) is 105 Å². The summed E-state index contributed by atoms with van der Waals surface area (Å²) < 4.78 is 8.83. The van der Waals surface area contributed by atoms with Crippen LogP contribution in [0.4, 0.5) is 0 Å². The van der Waals surface area contributed by atoms with Crippen molar-refractivity contribution in [2.24, 2.45) is 0 Å². The molecule has 0 aliphatic carbocycles. The number of hydrogen-bond acceptors (Lipinski definition) is 4. The van der Waals surface area contributed by atoms with Gasteiger partial charge in [0.2, 0.25) is 5.88 Å². The van der Waals surface area contributed by atoms with Gasteiger partial charge in [-0.2, -0.15) is 0 Å². The number of aryl methyl sites for hydroxylation is 2. The van der Waals surface area contributed by atoms with Crippen molar-refractivity contribution in [1.29, 1.82) is 0 Å². The summed E-state index contributed by atoms with van der Waals surface area (Å²) in [6, 6.07) is 17.8. The van der Waals surface area contributed by atoms with Crippen molar-refractivity contribution in [2.75, 3.05) is 7.11 Å². The Kier molecular flexibility index (Phi) is 5.48. The maximum Gasteiger partial charge on any atom is 0.270 e. The Morgan fingerprint density at radius 1 is 1.00 bits per heavy atom. The van der Waals surface area contributed by atoms with Gasteiger partial charge in [0.15, 0.2) is 0 Å². The Balaban J connectivity index is 1.65. The van der Waals surface area contributed by atoms with Crippen molar-refractivity contribution in [2.45, 2.75) is 26.8 Å². The normalized spacial score (nSPS) is 10.9. The van der Waals surface area contributed by atoms with Gasteiger partial charge in [0.1, 0.15) is 0 Å². The summed E-state index contributed by atoms with van der Waals surface area (Å²) in [5.74, 6) is 0.433. The second-order valence-electron chi connectivity index (χ2n) is 7.38. The molecule has 0 aliphatic heterocycles. The Bertz CT molecular complexity index is 1230. The highest BCUT2D eigenvalue weighted by molar-refractivity contribution is 5.44. The van der Waals surface area contributed by atoms with Crippen LogP contribution in [0.1, 0.15) is 27.9 Å². The lowest BCUT2D eigenvalue weighted by atomic mass is 10.0. The highest BCUT2D eigenvalue weighted by Gasteiger charge is 2.12. The Hall–Kier alpha value is -3.67. The molecule has 6 heteroatoms. The average Bonchev–Trinajstić information content (AvgIpc) is 3.17. The third-order valence-electron chi connectivity index (χ3n) is 5.06. The summed E-state index contributed by atoms with van der Waals surface area (Å²) in [5.41, 5.74) is 5.80. The van der Waals surface area contributed by atoms with E-state index in [0.29, 0.717) is 24.4 Å². The zero-order valence-electron chi connectivity index (χ0n) is 17.4. The molecule has 4 aromatic rings. The maximum absolute atomic E-state index is 13.1. The van der Waals surface area contributed by atoms with E-state index in [9.17, 15) is 4.79 Å². The highest BCUT2D eigenvalue weighted by Crippen LogP contribution is 2.19. The second kappa shape index (κ2) is 8.37. The predicted octanol–water partition coefficient (Wildman–Crippen LogP) is 3.69. The first-order chi connectivity index (χ1) is 14.5. The molecule has 2 aromatic heterocycles. The van der Waals surface area contributed by atoms with E-state index in [1.54, 1.807) is 13.2 Å². The number of imidazole rings is 1. The van der Waals surface area contributed by atoms with Crippen molar-refractivity contribution in [3.8, 4) is 11.6 Å². The molecule has 30 heavy (non-hydrogen) atoms. The lowest BCUT2D eigenvalue weighted by Gasteiger charge is -2.12. The zero-order chi connectivity index (χ0) is 21.1. The molecular formula is C24H24N4O2. The van der Waals surface area contributed by atoms with E-state index in [2.05, 4.69) is 29.1 Å². The van der Waals surface area contributed by atoms with Crippen LogP contribution in [0.15, 0.2) is 71.9 Å². The summed E-state index contributed by atoms with van der Waals surface area (Å²) in [7, 11) is 1.56. The van der Waals surface area contributed by atoms with Crippen LogP contribution in [0.2, 0.25) is 0 Å². The fourth-order valence-corrected chi connectivity index (χ4v) is 3.55. The van der Waals surface area contributed by atoms with Gasteiger partial charge in [0, 0.05) is 29.9 Å². The van der Waals surface area contributed by atoms with E-state index in [4.69, 9.17) is 4.74 Å². The van der Waals surface area contributed by atoms with E-state index in [-0.39, 0.29) is 5.56 Å². The number of ether oxygens (including phenoxy) is 1. The van der Waals surface area contributed by atoms with Crippen LogP contribution in [-0.4, -0.2) is 26.4 Å². The van der Waals surface area contributed by atoms with Crippen LogP contribution < -0.4 is 10.3 Å². The van der Waals surface area contributed by atoms with Crippen LogP contribution in [0, 0.1) is 13.8 Å². The molecule has 0 aliphatic rings. The number of methoxy groups -OCH3 is 1. The first-order valence-electron chi connectivity index (χ1n) is 9.83. The van der Waals surface area contributed by atoms with Gasteiger partial charge in [-0.25, -0.2) is 9.67 Å². The first kappa shape index (κ1) is 19.6.